The van der Waals surface area contributed by atoms with Crippen molar-refractivity contribution in [1.29, 1.82) is 0 Å². The summed E-state index contributed by atoms with van der Waals surface area (Å²) in [6.45, 7) is 1.10. The third kappa shape index (κ3) is 3.76. The third-order valence-corrected chi connectivity index (χ3v) is 8.89. The summed E-state index contributed by atoms with van der Waals surface area (Å²) in [5.41, 5.74) is 7.33. The lowest BCUT2D eigenvalue weighted by Crippen LogP contribution is -2.28. The van der Waals surface area contributed by atoms with Gasteiger partial charge in [0.15, 0.2) is 0 Å². The monoisotopic (exact) mass is 542 g/mol. The minimum atomic E-state index is -0.470. The Kier molecular flexibility index (Phi) is 5.84. The summed E-state index contributed by atoms with van der Waals surface area (Å²) >= 11 is 0. The Morgan fingerprint density at radius 1 is 0.452 bits per heavy atom. The zero-order valence-corrected chi connectivity index (χ0v) is 23.5. The van der Waals surface area contributed by atoms with Crippen LogP contribution < -0.4 is 4.74 Å². The molecular formula is C40H30O2. The van der Waals surface area contributed by atoms with Gasteiger partial charge in [-0.05, 0) is 102 Å². The molecule has 0 aromatic heterocycles. The minimum Gasteiger partial charge on any atom is -0.491 e. The average Bonchev–Trinajstić information content (AvgIpc) is 3.33. The van der Waals surface area contributed by atoms with E-state index in [0.717, 1.165) is 11.1 Å². The van der Waals surface area contributed by atoms with Crippen LogP contribution >= 0.6 is 0 Å². The van der Waals surface area contributed by atoms with Crippen molar-refractivity contribution >= 4 is 32.3 Å². The molecule has 1 unspecified atom stereocenters. The first-order valence-corrected chi connectivity index (χ1v) is 14.5. The summed E-state index contributed by atoms with van der Waals surface area (Å²) in [7, 11) is 1.69. The van der Waals surface area contributed by atoms with Crippen LogP contribution in [0.4, 0.5) is 0 Å². The molecule has 0 heterocycles. The van der Waals surface area contributed by atoms with Crippen LogP contribution in [-0.4, -0.2) is 20.3 Å². The normalized spacial score (nSPS) is 15.6. The van der Waals surface area contributed by atoms with Crippen LogP contribution in [0.2, 0.25) is 0 Å². The average molecular weight is 543 g/mol. The lowest BCUT2D eigenvalue weighted by Gasteiger charge is -2.34. The first kappa shape index (κ1) is 24.8. The molecule has 1 atom stereocenters. The summed E-state index contributed by atoms with van der Waals surface area (Å²) in [6, 6.07) is 51.5. The van der Waals surface area contributed by atoms with Crippen LogP contribution in [0.1, 0.15) is 22.3 Å². The van der Waals surface area contributed by atoms with Gasteiger partial charge in [-0.3, -0.25) is 0 Å². The molecule has 7 aromatic rings. The number of rotatable bonds is 6. The molecule has 0 N–H and O–H groups in total. The number of fused-ring (bicyclic) bond motifs is 6. The molecule has 0 radical (unpaired) electrons. The van der Waals surface area contributed by atoms with E-state index >= 15 is 0 Å². The van der Waals surface area contributed by atoms with Crippen molar-refractivity contribution in [1.82, 2.24) is 0 Å². The number of hydrogen-bond acceptors (Lipinski definition) is 2. The fourth-order valence-electron chi connectivity index (χ4n) is 6.96. The second kappa shape index (κ2) is 9.87. The van der Waals surface area contributed by atoms with Gasteiger partial charge in [-0.1, -0.05) is 103 Å². The highest BCUT2D eigenvalue weighted by atomic mass is 16.5. The van der Waals surface area contributed by atoms with Crippen LogP contribution in [0.15, 0.2) is 140 Å². The van der Waals surface area contributed by atoms with Gasteiger partial charge in [0.25, 0.3) is 0 Å². The first-order valence-electron chi connectivity index (χ1n) is 14.5. The number of benzene rings is 7. The molecule has 2 heteroatoms. The van der Waals surface area contributed by atoms with Crippen molar-refractivity contribution in [3.63, 3.8) is 0 Å². The summed E-state index contributed by atoms with van der Waals surface area (Å²) < 4.78 is 11.1. The lowest BCUT2D eigenvalue weighted by atomic mass is 9.67. The molecule has 202 valence electrons. The van der Waals surface area contributed by atoms with Crippen molar-refractivity contribution in [2.24, 2.45) is 0 Å². The molecule has 1 aliphatic rings. The lowest BCUT2D eigenvalue weighted by molar-refractivity contribution is 0.146. The van der Waals surface area contributed by atoms with Gasteiger partial charge in [0.05, 0.1) is 12.0 Å². The summed E-state index contributed by atoms with van der Waals surface area (Å²) in [5, 5.41) is 7.37. The molecule has 2 nitrogen and oxygen atoms in total. The van der Waals surface area contributed by atoms with Crippen molar-refractivity contribution < 1.29 is 9.47 Å². The minimum absolute atomic E-state index is 0.470. The maximum atomic E-state index is 5.92. The Bertz CT molecular complexity index is 2130. The molecule has 0 spiro atoms. The largest absolute Gasteiger partial charge is 0.491 e. The first-order chi connectivity index (χ1) is 20.8. The molecule has 0 saturated carbocycles. The van der Waals surface area contributed by atoms with Crippen LogP contribution in [0, 0.1) is 0 Å². The highest BCUT2D eigenvalue weighted by molar-refractivity contribution is 5.97. The van der Waals surface area contributed by atoms with Crippen LogP contribution in [0.25, 0.3) is 43.4 Å². The van der Waals surface area contributed by atoms with Crippen LogP contribution in [-0.2, 0) is 10.2 Å². The Morgan fingerprint density at radius 2 is 1.02 bits per heavy atom. The van der Waals surface area contributed by atoms with Gasteiger partial charge in [0.2, 0.25) is 0 Å². The predicted octanol–water partition coefficient (Wildman–Crippen LogP) is 9.53. The molecule has 8 rings (SSSR count). The van der Waals surface area contributed by atoms with Crippen LogP contribution in [0.5, 0.6) is 5.75 Å². The maximum Gasteiger partial charge on any atom is 0.120 e. The molecule has 0 aliphatic heterocycles. The highest BCUT2D eigenvalue weighted by Gasteiger charge is 2.46. The second-order valence-electron chi connectivity index (χ2n) is 11.2. The number of hydrogen-bond donors (Lipinski definition) is 0. The van der Waals surface area contributed by atoms with E-state index in [1.54, 1.807) is 7.11 Å². The third-order valence-electron chi connectivity index (χ3n) is 8.89. The van der Waals surface area contributed by atoms with E-state index in [1.807, 2.05) is 0 Å². The Hall–Kier alpha value is -4.92. The van der Waals surface area contributed by atoms with E-state index in [0.29, 0.717) is 13.2 Å². The quantitative estimate of drug-likeness (QED) is 0.195. The zero-order valence-electron chi connectivity index (χ0n) is 23.5. The standard InChI is InChI=1S/C40H30O2/c1-41-20-21-42-35-19-16-31-23-34(18-15-32(31)24-35)40(33-17-14-27-8-2-3-9-28(27)22-33)38-13-7-6-12-36(38)37-25-29-10-4-5-11-30(29)26-39(37)40/h2-19,22-26H,20-21H2,1H3. The fraction of sp³-hybridized carbons (Fsp3) is 0.100. The van der Waals surface area contributed by atoms with Crippen molar-refractivity contribution in [2.75, 3.05) is 20.3 Å². The fourth-order valence-corrected chi connectivity index (χ4v) is 6.96. The number of methoxy groups -OCH3 is 1. The topological polar surface area (TPSA) is 18.5 Å². The number of ether oxygens (including phenoxy) is 2. The van der Waals surface area contributed by atoms with E-state index < -0.39 is 5.41 Å². The summed E-state index contributed by atoms with van der Waals surface area (Å²) in [4.78, 5) is 0. The Labute approximate surface area is 245 Å². The molecule has 7 aromatic carbocycles. The highest BCUT2D eigenvalue weighted by Crippen LogP contribution is 2.57. The van der Waals surface area contributed by atoms with Crippen molar-refractivity contribution in [2.45, 2.75) is 5.41 Å². The van der Waals surface area contributed by atoms with Gasteiger partial charge in [-0.15, -0.1) is 0 Å². The van der Waals surface area contributed by atoms with Gasteiger partial charge < -0.3 is 9.47 Å². The summed E-state index contributed by atoms with van der Waals surface area (Å²) in [5.74, 6) is 0.861. The van der Waals surface area contributed by atoms with E-state index in [-0.39, 0.29) is 0 Å². The molecular weight excluding hydrogens is 512 g/mol. The van der Waals surface area contributed by atoms with Crippen LogP contribution in [0.3, 0.4) is 0 Å². The smallest absolute Gasteiger partial charge is 0.120 e. The Balaban J connectivity index is 1.43. The van der Waals surface area contributed by atoms with E-state index in [2.05, 4.69) is 140 Å². The molecule has 0 amide bonds. The van der Waals surface area contributed by atoms with Gasteiger partial charge in [0.1, 0.15) is 12.4 Å². The van der Waals surface area contributed by atoms with E-state index in [1.165, 1.54) is 60.3 Å². The zero-order chi connectivity index (χ0) is 28.1. The Morgan fingerprint density at radius 3 is 1.79 bits per heavy atom. The van der Waals surface area contributed by atoms with Crippen molar-refractivity contribution in [3.05, 3.63) is 162 Å². The summed E-state index contributed by atoms with van der Waals surface area (Å²) in [6.07, 6.45) is 0. The molecule has 0 fully saturated rings. The van der Waals surface area contributed by atoms with Gasteiger partial charge in [-0.25, -0.2) is 0 Å². The van der Waals surface area contributed by atoms with Gasteiger partial charge in [0, 0.05) is 7.11 Å². The molecule has 0 bridgehead atoms. The van der Waals surface area contributed by atoms with Crippen molar-refractivity contribution in [3.8, 4) is 16.9 Å². The molecule has 1 aliphatic carbocycles. The molecule has 42 heavy (non-hydrogen) atoms. The second-order valence-corrected chi connectivity index (χ2v) is 11.2. The maximum absolute atomic E-state index is 5.92. The van der Waals surface area contributed by atoms with Gasteiger partial charge in [-0.2, -0.15) is 0 Å². The SMILES string of the molecule is COCCOc1ccc2cc(C3(c4ccc5ccccc5c4)c4ccccc4-c4cc5ccccc5cc43)ccc2c1. The van der Waals surface area contributed by atoms with E-state index in [9.17, 15) is 0 Å². The predicted molar refractivity (Wildman–Crippen MR) is 174 cm³/mol. The van der Waals surface area contributed by atoms with E-state index in [4.69, 9.17) is 9.47 Å². The molecule has 0 saturated heterocycles. The van der Waals surface area contributed by atoms with Gasteiger partial charge >= 0.3 is 0 Å².